The summed E-state index contributed by atoms with van der Waals surface area (Å²) in [7, 11) is 0. The van der Waals surface area contributed by atoms with Gasteiger partial charge in [0.15, 0.2) is 4.67 Å². The quantitative estimate of drug-likeness (QED) is 0.894. The van der Waals surface area contributed by atoms with Crippen LogP contribution in [0.15, 0.2) is 9.09 Å². The molecule has 2 heterocycles. The molecule has 1 N–H and O–H groups in total. The number of nitrogens with zero attached hydrogens (tertiary/aromatic N) is 1. The van der Waals surface area contributed by atoms with Crippen molar-refractivity contribution in [3.05, 3.63) is 21.6 Å². The zero-order valence-electron chi connectivity index (χ0n) is 9.27. The fourth-order valence-corrected chi connectivity index (χ4v) is 2.46. The monoisotopic (exact) mass is 272 g/mol. The number of aryl methyl sites for hydroxylation is 1. The van der Waals surface area contributed by atoms with E-state index in [-0.39, 0.29) is 0 Å². The van der Waals surface area contributed by atoms with E-state index < -0.39 is 0 Å². The van der Waals surface area contributed by atoms with E-state index in [1.54, 1.807) is 0 Å². The first-order valence-corrected chi connectivity index (χ1v) is 6.15. The van der Waals surface area contributed by atoms with Crippen LogP contribution in [0.1, 0.15) is 16.9 Å². The van der Waals surface area contributed by atoms with E-state index in [0.29, 0.717) is 0 Å². The molecule has 0 radical (unpaired) electrons. The Labute approximate surface area is 99.0 Å². The Morgan fingerprint density at radius 3 is 2.53 bits per heavy atom. The molecule has 84 valence electrons. The molecular formula is C11H17BrN2O. The van der Waals surface area contributed by atoms with Gasteiger partial charge in [0.05, 0.1) is 0 Å². The molecule has 0 atom stereocenters. The van der Waals surface area contributed by atoms with Crippen LogP contribution in [0.2, 0.25) is 0 Å². The summed E-state index contributed by atoms with van der Waals surface area (Å²) in [5.41, 5.74) is 2.58. The van der Waals surface area contributed by atoms with Gasteiger partial charge in [0.2, 0.25) is 0 Å². The lowest BCUT2D eigenvalue weighted by Gasteiger charge is -2.27. The van der Waals surface area contributed by atoms with Gasteiger partial charge in [0, 0.05) is 43.9 Å². The lowest BCUT2D eigenvalue weighted by atomic mass is 10.1. The van der Waals surface area contributed by atoms with Crippen LogP contribution < -0.4 is 5.32 Å². The largest absolute Gasteiger partial charge is 0.454 e. The molecule has 1 aromatic heterocycles. The second-order valence-electron chi connectivity index (χ2n) is 4.06. The van der Waals surface area contributed by atoms with Gasteiger partial charge in [-0.3, -0.25) is 4.90 Å². The predicted molar refractivity (Wildman–Crippen MR) is 64.0 cm³/mol. The number of rotatable bonds is 2. The average molecular weight is 273 g/mol. The van der Waals surface area contributed by atoms with Gasteiger partial charge in [-0.15, -0.1) is 0 Å². The van der Waals surface area contributed by atoms with Crippen molar-refractivity contribution in [2.75, 3.05) is 26.2 Å². The van der Waals surface area contributed by atoms with E-state index in [9.17, 15) is 0 Å². The van der Waals surface area contributed by atoms with E-state index in [1.165, 1.54) is 11.1 Å². The topological polar surface area (TPSA) is 28.4 Å². The molecule has 0 unspecified atom stereocenters. The fraction of sp³-hybridized carbons (Fsp3) is 0.636. The summed E-state index contributed by atoms with van der Waals surface area (Å²) in [6, 6.07) is 0. The first kappa shape index (κ1) is 11.2. The second kappa shape index (κ2) is 4.68. The minimum atomic E-state index is 0.880. The highest BCUT2D eigenvalue weighted by Crippen LogP contribution is 2.27. The summed E-state index contributed by atoms with van der Waals surface area (Å²) < 4.78 is 6.44. The molecule has 0 amide bonds. The summed E-state index contributed by atoms with van der Waals surface area (Å²) in [5.74, 6) is 1.04. The minimum Gasteiger partial charge on any atom is -0.454 e. The Morgan fingerprint density at radius 1 is 1.33 bits per heavy atom. The predicted octanol–water partition coefficient (Wildman–Crippen LogP) is 2.06. The molecule has 1 saturated heterocycles. The first-order valence-electron chi connectivity index (χ1n) is 5.36. The van der Waals surface area contributed by atoms with Crippen LogP contribution in [0.3, 0.4) is 0 Å². The zero-order chi connectivity index (χ0) is 10.8. The highest BCUT2D eigenvalue weighted by Gasteiger charge is 2.16. The van der Waals surface area contributed by atoms with Gasteiger partial charge in [-0.05, 0) is 29.8 Å². The van der Waals surface area contributed by atoms with Gasteiger partial charge in [-0.2, -0.15) is 0 Å². The Balaban J connectivity index is 2.09. The molecule has 0 aliphatic carbocycles. The molecule has 0 bridgehead atoms. The third kappa shape index (κ3) is 2.44. The van der Waals surface area contributed by atoms with E-state index in [1.807, 2.05) is 6.92 Å². The third-order valence-corrected chi connectivity index (χ3v) is 3.76. The number of nitrogens with one attached hydrogen (secondary N) is 1. The van der Waals surface area contributed by atoms with Crippen molar-refractivity contribution in [3.8, 4) is 0 Å². The first-order chi connectivity index (χ1) is 7.18. The SMILES string of the molecule is Cc1oc(Br)c(C)c1CN1CCNCC1. The molecule has 0 aromatic carbocycles. The molecule has 1 fully saturated rings. The molecule has 0 saturated carbocycles. The van der Waals surface area contributed by atoms with Crippen LogP contribution in [0.5, 0.6) is 0 Å². The maximum atomic E-state index is 5.56. The summed E-state index contributed by atoms with van der Waals surface area (Å²) in [4.78, 5) is 2.47. The van der Waals surface area contributed by atoms with Crippen molar-refractivity contribution in [2.45, 2.75) is 20.4 Å². The Hall–Kier alpha value is -0.320. The standard InChI is InChI=1S/C11H17BrN2O/c1-8-10(9(2)15-11(8)12)7-14-5-3-13-4-6-14/h13H,3-7H2,1-2H3. The van der Waals surface area contributed by atoms with Crippen LogP contribution in [-0.2, 0) is 6.54 Å². The van der Waals surface area contributed by atoms with Crippen molar-refractivity contribution in [2.24, 2.45) is 0 Å². The molecule has 0 spiro atoms. The summed E-state index contributed by atoms with van der Waals surface area (Å²) in [6.45, 7) is 9.60. The lowest BCUT2D eigenvalue weighted by molar-refractivity contribution is 0.231. The Kier molecular flexibility index (Phi) is 3.49. The van der Waals surface area contributed by atoms with E-state index in [0.717, 1.165) is 43.2 Å². The fourth-order valence-electron chi connectivity index (χ4n) is 1.98. The summed E-state index contributed by atoms with van der Waals surface area (Å²) >= 11 is 3.43. The molecule has 3 nitrogen and oxygen atoms in total. The molecule has 1 aliphatic heterocycles. The molecule has 2 rings (SSSR count). The number of hydrogen-bond donors (Lipinski definition) is 1. The maximum absolute atomic E-state index is 5.56. The van der Waals surface area contributed by atoms with Crippen LogP contribution in [0.4, 0.5) is 0 Å². The van der Waals surface area contributed by atoms with Gasteiger partial charge in [0.1, 0.15) is 5.76 Å². The van der Waals surface area contributed by atoms with Gasteiger partial charge in [-0.25, -0.2) is 0 Å². The van der Waals surface area contributed by atoms with Gasteiger partial charge in [-0.1, -0.05) is 0 Å². The van der Waals surface area contributed by atoms with Crippen molar-refractivity contribution >= 4 is 15.9 Å². The van der Waals surface area contributed by atoms with Crippen molar-refractivity contribution in [1.29, 1.82) is 0 Å². The van der Waals surface area contributed by atoms with Crippen LogP contribution >= 0.6 is 15.9 Å². The number of hydrogen-bond acceptors (Lipinski definition) is 3. The second-order valence-corrected chi connectivity index (χ2v) is 4.78. The van der Waals surface area contributed by atoms with E-state index >= 15 is 0 Å². The van der Waals surface area contributed by atoms with Gasteiger partial charge >= 0.3 is 0 Å². The van der Waals surface area contributed by atoms with Gasteiger partial charge in [0.25, 0.3) is 0 Å². The zero-order valence-corrected chi connectivity index (χ0v) is 10.9. The maximum Gasteiger partial charge on any atom is 0.172 e. The smallest absolute Gasteiger partial charge is 0.172 e. The van der Waals surface area contributed by atoms with Crippen molar-refractivity contribution < 1.29 is 4.42 Å². The van der Waals surface area contributed by atoms with Gasteiger partial charge < -0.3 is 9.73 Å². The number of furan rings is 1. The molecular weight excluding hydrogens is 256 g/mol. The molecule has 1 aliphatic rings. The highest BCUT2D eigenvalue weighted by atomic mass is 79.9. The van der Waals surface area contributed by atoms with E-state index in [4.69, 9.17) is 4.42 Å². The van der Waals surface area contributed by atoms with E-state index in [2.05, 4.69) is 33.1 Å². The summed E-state index contributed by atoms with van der Waals surface area (Å²) in [5, 5.41) is 3.36. The molecule has 15 heavy (non-hydrogen) atoms. The average Bonchev–Trinajstić information content (AvgIpc) is 2.47. The minimum absolute atomic E-state index is 0.880. The van der Waals surface area contributed by atoms with Crippen LogP contribution in [0, 0.1) is 13.8 Å². The lowest BCUT2D eigenvalue weighted by Crippen LogP contribution is -2.43. The third-order valence-electron chi connectivity index (χ3n) is 3.01. The van der Waals surface area contributed by atoms with Crippen LogP contribution in [0.25, 0.3) is 0 Å². The Bertz CT molecular complexity index is 343. The highest BCUT2D eigenvalue weighted by molar-refractivity contribution is 9.10. The van der Waals surface area contributed by atoms with Crippen molar-refractivity contribution in [3.63, 3.8) is 0 Å². The molecule has 4 heteroatoms. The van der Waals surface area contributed by atoms with Crippen LogP contribution in [-0.4, -0.2) is 31.1 Å². The summed E-state index contributed by atoms with van der Waals surface area (Å²) in [6.07, 6.45) is 0. The normalized spacial score (nSPS) is 18.3. The molecule has 1 aromatic rings. The number of halogens is 1. The Morgan fingerprint density at radius 2 is 2.00 bits per heavy atom. The van der Waals surface area contributed by atoms with Crippen molar-refractivity contribution in [1.82, 2.24) is 10.2 Å². The number of piperazine rings is 1.